The van der Waals surface area contributed by atoms with Crippen LogP contribution < -0.4 is 9.62 Å². The molecule has 2 rings (SSSR count). The molecular formula is C20H26N2O3S. The molecule has 0 atom stereocenters. The molecule has 0 aliphatic rings. The summed E-state index contributed by atoms with van der Waals surface area (Å²) in [5.74, 6) is -0.108. The smallest absolute Gasteiger partial charge is 0.240 e. The fraction of sp³-hybridized carbons (Fsp3) is 0.350. The third-order valence-corrected chi connectivity index (χ3v) is 5.74. The Hall–Kier alpha value is -2.18. The van der Waals surface area contributed by atoms with Gasteiger partial charge in [0.05, 0.1) is 4.90 Å². The molecule has 1 amide bonds. The van der Waals surface area contributed by atoms with E-state index in [1.54, 1.807) is 23.1 Å². The highest BCUT2D eigenvalue weighted by atomic mass is 32.2. The van der Waals surface area contributed by atoms with Gasteiger partial charge in [0.2, 0.25) is 15.9 Å². The molecule has 6 heteroatoms. The Bertz CT molecular complexity index is 892. The second-order valence-corrected chi connectivity index (χ2v) is 8.09. The van der Waals surface area contributed by atoms with Crippen molar-refractivity contribution >= 4 is 21.6 Å². The van der Waals surface area contributed by atoms with Gasteiger partial charge in [-0.15, -0.1) is 0 Å². The number of amides is 1. The van der Waals surface area contributed by atoms with Crippen LogP contribution in [0.3, 0.4) is 0 Å². The van der Waals surface area contributed by atoms with Crippen molar-refractivity contribution in [3.63, 3.8) is 0 Å². The summed E-state index contributed by atoms with van der Waals surface area (Å²) in [4.78, 5) is 14.1. The quantitative estimate of drug-likeness (QED) is 0.809. The predicted molar refractivity (Wildman–Crippen MR) is 105 cm³/mol. The molecule has 0 fully saturated rings. The van der Waals surface area contributed by atoms with Crippen LogP contribution in [0.15, 0.2) is 47.4 Å². The van der Waals surface area contributed by atoms with Gasteiger partial charge in [0, 0.05) is 25.7 Å². The minimum atomic E-state index is -3.60. The second kappa shape index (κ2) is 8.47. The molecule has 0 radical (unpaired) electrons. The highest BCUT2D eigenvalue weighted by Gasteiger charge is 2.19. The molecular weight excluding hydrogens is 348 g/mol. The van der Waals surface area contributed by atoms with E-state index in [0.29, 0.717) is 0 Å². The average molecular weight is 375 g/mol. The number of carbonyl (C=O) groups excluding carboxylic acids is 1. The number of rotatable bonds is 7. The van der Waals surface area contributed by atoms with Crippen LogP contribution in [0.1, 0.15) is 30.5 Å². The molecule has 2 aromatic carbocycles. The first-order chi connectivity index (χ1) is 12.3. The Morgan fingerprint density at radius 3 is 2.42 bits per heavy atom. The molecule has 0 aliphatic carbocycles. The van der Waals surface area contributed by atoms with Gasteiger partial charge in [-0.2, -0.15) is 0 Å². The zero-order chi connectivity index (χ0) is 19.3. The number of nitrogens with one attached hydrogen (secondary N) is 1. The van der Waals surface area contributed by atoms with Gasteiger partial charge in [-0.3, -0.25) is 4.79 Å². The summed E-state index contributed by atoms with van der Waals surface area (Å²) in [7, 11) is -3.60. The normalized spacial score (nSPS) is 11.4. The summed E-state index contributed by atoms with van der Waals surface area (Å²) in [6.07, 6.45) is 0.801. The van der Waals surface area contributed by atoms with Gasteiger partial charge in [0.1, 0.15) is 0 Å². The van der Waals surface area contributed by atoms with Crippen LogP contribution in [0.4, 0.5) is 5.69 Å². The standard InChI is InChI=1S/C20H26N2O3S/c1-5-18-10-7-9-16(3)20(18)22(17(4)23)13-12-21-26(24,25)19-11-6-8-15(2)14-19/h6-11,14,21H,5,12-13H2,1-4H3. The maximum absolute atomic E-state index is 12.4. The van der Waals surface area contributed by atoms with Gasteiger partial charge in [0.15, 0.2) is 0 Å². The van der Waals surface area contributed by atoms with E-state index in [-0.39, 0.29) is 23.9 Å². The maximum Gasteiger partial charge on any atom is 0.240 e. The largest absolute Gasteiger partial charge is 0.311 e. The van der Waals surface area contributed by atoms with Crippen molar-refractivity contribution in [1.29, 1.82) is 0 Å². The zero-order valence-corrected chi connectivity index (χ0v) is 16.6. The molecule has 0 saturated carbocycles. The summed E-state index contributed by atoms with van der Waals surface area (Å²) < 4.78 is 27.5. The van der Waals surface area contributed by atoms with Gasteiger partial charge in [0.25, 0.3) is 0 Å². The second-order valence-electron chi connectivity index (χ2n) is 6.32. The molecule has 0 aliphatic heterocycles. The van der Waals surface area contributed by atoms with E-state index >= 15 is 0 Å². The predicted octanol–water partition coefficient (Wildman–Crippen LogP) is 3.20. The monoisotopic (exact) mass is 374 g/mol. The number of sulfonamides is 1. The van der Waals surface area contributed by atoms with E-state index in [9.17, 15) is 13.2 Å². The van der Waals surface area contributed by atoms with Crippen molar-refractivity contribution in [3.8, 4) is 0 Å². The van der Waals surface area contributed by atoms with Crippen molar-refractivity contribution < 1.29 is 13.2 Å². The Balaban J connectivity index is 2.17. The van der Waals surface area contributed by atoms with Crippen molar-refractivity contribution in [2.75, 3.05) is 18.0 Å². The van der Waals surface area contributed by atoms with E-state index in [1.807, 2.05) is 45.0 Å². The van der Waals surface area contributed by atoms with Crippen LogP contribution in [-0.2, 0) is 21.2 Å². The Labute approximate surface area is 156 Å². The number of hydrogen-bond acceptors (Lipinski definition) is 3. The third-order valence-electron chi connectivity index (χ3n) is 4.28. The van der Waals surface area contributed by atoms with Crippen molar-refractivity contribution in [1.82, 2.24) is 4.72 Å². The third kappa shape index (κ3) is 4.71. The number of aryl methyl sites for hydroxylation is 3. The maximum atomic E-state index is 12.4. The van der Waals surface area contributed by atoms with Gasteiger partial charge >= 0.3 is 0 Å². The SMILES string of the molecule is CCc1cccc(C)c1N(CCNS(=O)(=O)c1cccc(C)c1)C(C)=O. The van der Waals surface area contributed by atoms with Crippen LogP contribution in [0.2, 0.25) is 0 Å². The van der Waals surface area contributed by atoms with E-state index in [1.165, 1.54) is 6.92 Å². The number of anilines is 1. The molecule has 0 bridgehead atoms. The summed E-state index contributed by atoms with van der Waals surface area (Å²) in [6.45, 7) is 7.77. The average Bonchev–Trinajstić information content (AvgIpc) is 2.59. The highest BCUT2D eigenvalue weighted by molar-refractivity contribution is 7.89. The molecule has 5 nitrogen and oxygen atoms in total. The molecule has 1 N–H and O–H groups in total. The lowest BCUT2D eigenvalue weighted by Gasteiger charge is -2.26. The molecule has 0 spiro atoms. The minimum Gasteiger partial charge on any atom is -0.311 e. The van der Waals surface area contributed by atoms with E-state index in [4.69, 9.17) is 0 Å². The Morgan fingerprint density at radius 2 is 1.81 bits per heavy atom. The topological polar surface area (TPSA) is 66.5 Å². The van der Waals surface area contributed by atoms with E-state index < -0.39 is 10.0 Å². The van der Waals surface area contributed by atoms with Crippen molar-refractivity contribution in [2.24, 2.45) is 0 Å². The Kier molecular flexibility index (Phi) is 6.56. The summed E-state index contributed by atoms with van der Waals surface area (Å²) in [5.41, 5.74) is 3.82. The zero-order valence-electron chi connectivity index (χ0n) is 15.7. The number of nitrogens with zero attached hydrogens (tertiary/aromatic N) is 1. The van der Waals surface area contributed by atoms with Crippen molar-refractivity contribution in [2.45, 2.75) is 39.0 Å². The number of para-hydroxylation sites is 1. The van der Waals surface area contributed by atoms with Crippen LogP contribution >= 0.6 is 0 Å². The summed E-state index contributed by atoms with van der Waals surface area (Å²) in [6, 6.07) is 12.7. The van der Waals surface area contributed by atoms with Crippen LogP contribution in [0.25, 0.3) is 0 Å². The summed E-state index contributed by atoms with van der Waals surface area (Å²) >= 11 is 0. The van der Waals surface area contributed by atoms with E-state index in [2.05, 4.69) is 4.72 Å². The molecule has 0 aromatic heterocycles. The number of carbonyl (C=O) groups is 1. The first-order valence-corrected chi connectivity index (χ1v) is 10.2. The highest BCUT2D eigenvalue weighted by Crippen LogP contribution is 2.25. The molecule has 2 aromatic rings. The molecule has 140 valence electrons. The lowest BCUT2D eigenvalue weighted by atomic mass is 10.0. The fourth-order valence-electron chi connectivity index (χ4n) is 2.98. The van der Waals surface area contributed by atoms with Crippen LogP contribution in [0, 0.1) is 13.8 Å². The van der Waals surface area contributed by atoms with Crippen LogP contribution in [-0.4, -0.2) is 27.4 Å². The molecule has 0 saturated heterocycles. The lowest BCUT2D eigenvalue weighted by Crippen LogP contribution is -2.38. The van der Waals surface area contributed by atoms with Gasteiger partial charge in [-0.25, -0.2) is 13.1 Å². The van der Waals surface area contributed by atoms with Gasteiger partial charge in [-0.05, 0) is 49.1 Å². The molecule has 0 heterocycles. The van der Waals surface area contributed by atoms with Crippen molar-refractivity contribution in [3.05, 3.63) is 59.2 Å². The number of benzene rings is 2. The van der Waals surface area contributed by atoms with Crippen LogP contribution in [0.5, 0.6) is 0 Å². The first kappa shape index (κ1) is 20.1. The summed E-state index contributed by atoms with van der Waals surface area (Å²) in [5, 5.41) is 0. The van der Waals surface area contributed by atoms with Gasteiger partial charge in [-0.1, -0.05) is 37.3 Å². The minimum absolute atomic E-state index is 0.108. The molecule has 26 heavy (non-hydrogen) atoms. The Morgan fingerprint density at radius 1 is 1.12 bits per heavy atom. The lowest BCUT2D eigenvalue weighted by molar-refractivity contribution is -0.116. The molecule has 0 unspecified atom stereocenters. The fourth-order valence-corrected chi connectivity index (χ4v) is 4.10. The van der Waals surface area contributed by atoms with E-state index in [0.717, 1.165) is 28.8 Å². The number of hydrogen-bond donors (Lipinski definition) is 1. The first-order valence-electron chi connectivity index (χ1n) is 8.69. The van der Waals surface area contributed by atoms with Gasteiger partial charge < -0.3 is 4.90 Å².